The molecule has 3 rings (SSSR count). The van der Waals surface area contributed by atoms with Crippen molar-refractivity contribution >= 4 is 11.9 Å². The standard InChI is InChI=1S/C13H18F3N5O3/c14-13(15,16)9-24-12-18-10(20-1-5-22-6-2-20)17-11(19-12)21-3-7-23-8-4-21/h1-9H2. The monoisotopic (exact) mass is 349 g/mol. The molecule has 1 aromatic rings. The normalized spacial score (nSPS) is 19.5. The van der Waals surface area contributed by atoms with E-state index >= 15 is 0 Å². The molecule has 0 bridgehead atoms. The number of alkyl halides is 3. The molecule has 0 aliphatic carbocycles. The maximum Gasteiger partial charge on any atom is 0.422 e. The largest absolute Gasteiger partial charge is 0.454 e. The van der Waals surface area contributed by atoms with Gasteiger partial charge in [-0.1, -0.05) is 0 Å². The SMILES string of the molecule is FC(F)(F)COc1nc(N2CCOCC2)nc(N2CCOCC2)n1. The van der Waals surface area contributed by atoms with E-state index in [2.05, 4.69) is 15.0 Å². The Morgan fingerprint density at radius 3 is 1.71 bits per heavy atom. The van der Waals surface area contributed by atoms with Gasteiger partial charge in [-0.3, -0.25) is 0 Å². The lowest BCUT2D eigenvalue weighted by Crippen LogP contribution is -2.40. The average Bonchev–Trinajstić information content (AvgIpc) is 2.61. The van der Waals surface area contributed by atoms with Crippen LogP contribution < -0.4 is 14.5 Å². The van der Waals surface area contributed by atoms with Gasteiger partial charge in [0.1, 0.15) is 0 Å². The van der Waals surface area contributed by atoms with Crippen molar-refractivity contribution in [1.29, 1.82) is 0 Å². The van der Waals surface area contributed by atoms with E-state index in [0.29, 0.717) is 64.5 Å². The first-order valence-electron chi connectivity index (χ1n) is 7.62. The molecule has 0 N–H and O–H groups in total. The van der Waals surface area contributed by atoms with E-state index in [1.807, 2.05) is 9.80 Å². The summed E-state index contributed by atoms with van der Waals surface area (Å²) in [6.45, 7) is 2.85. The second-order valence-electron chi connectivity index (χ2n) is 5.32. The predicted molar refractivity (Wildman–Crippen MR) is 77.4 cm³/mol. The van der Waals surface area contributed by atoms with Gasteiger partial charge in [0.2, 0.25) is 11.9 Å². The predicted octanol–water partition coefficient (Wildman–Crippen LogP) is 0.486. The van der Waals surface area contributed by atoms with E-state index in [-0.39, 0.29) is 6.01 Å². The molecule has 2 saturated heterocycles. The summed E-state index contributed by atoms with van der Waals surface area (Å²) < 4.78 is 52.5. The quantitative estimate of drug-likeness (QED) is 0.778. The summed E-state index contributed by atoms with van der Waals surface area (Å²) in [6.07, 6.45) is -4.45. The molecule has 2 aliphatic rings. The van der Waals surface area contributed by atoms with E-state index in [0.717, 1.165) is 0 Å². The molecule has 11 heteroatoms. The minimum absolute atomic E-state index is 0.298. The Hall–Kier alpha value is -1.88. The van der Waals surface area contributed by atoms with Crippen molar-refractivity contribution in [1.82, 2.24) is 15.0 Å². The minimum atomic E-state index is -4.45. The summed E-state index contributed by atoms with van der Waals surface area (Å²) in [4.78, 5) is 16.1. The summed E-state index contributed by atoms with van der Waals surface area (Å²) in [7, 11) is 0. The first-order chi connectivity index (χ1) is 11.5. The molecule has 2 fully saturated rings. The van der Waals surface area contributed by atoms with Crippen LogP contribution in [-0.4, -0.2) is 80.3 Å². The molecule has 0 saturated carbocycles. The van der Waals surface area contributed by atoms with Crippen LogP contribution in [0.4, 0.5) is 25.1 Å². The van der Waals surface area contributed by atoms with Crippen LogP contribution in [0.2, 0.25) is 0 Å². The Morgan fingerprint density at radius 1 is 0.833 bits per heavy atom. The van der Waals surface area contributed by atoms with Crippen LogP contribution in [0.25, 0.3) is 0 Å². The lowest BCUT2D eigenvalue weighted by atomic mass is 10.4. The Labute approximate surface area is 136 Å². The third kappa shape index (κ3) is 4.57. The van der Waals surface area contributed by atoms with Gasteiger partial charge < -0.3 is 24.0 Å². The van der Waals surface area contributed by atoms with Crippen molar-refractivity contribution in [3.05, 3.63) is 0 Å². The van der Waals surface area contributed by atoms with Gasteiger partial charge in [0.25, 0.3) is 0 Å². The number of aromatic nitrogens is 3. The van der Waals surface area contributed by atoms with Gasteiger partial charge in [-0.25, -0.2) is 0 Å². The van der Waals surface area contributed by atoms with Gasteiger partial charge in [0, 0.05) is 26.2 Å². The van der Waals surface area contributed by atoms with Crippen LogP contribution >= 0.6 is 0 Å². The van der Waals surface area contributed by atoms with Gasteiger partial charge in [0.15, 0.2) is 6.61 Å². The zero-order valence-electron chi connectivity index (χ0n) is 13.0. The van der Waals surface area contributed by atoms with Crippen molar-refractivity contribution in [3.63, 3.8) is 0 Å². The van der Waals surface area contributed by atoms with Crippen LogP contribution in [-0.2, 0) is 9.47 Å². The van der Waals surface area contributed by atoms with E-state index in [1.54, 1.807) is 0 Å². The fourth-order valence-corrected chi connectivity index (χ4v) is 2.36. The summed E-state index contributed by atoms with van der Waals surface area (Å²) in [6, 6.07) is -0.328. The maximum atomic E-state index is 12.4. The van der Waals surface area contributed by atoms with Gasteiger partial charge >= 0.3 is 12.2 Å². The smallest absolute Gasteiger partial charge is 0.422 e. The molecule has 2 aliphatic heterocycles. The molecule has 3 heterocycles. The lowest BCUT2D eigenvalue weighted by Gasteiger charge is -2.30. The highest BCUT2D eigenvalue weighted by molar-refractivity contribution is 5.41. The summed E-state index contributed by atoms with van der Waals surface area (Å²) in [5.74, 6) is 0.596. The van der Waals surface area contributed by atoms with Gasteiger partial charge in [0.05, 0.1) is 26.4 Å². The summed E-state index contributed by atoms with van der Waals surface area (Å²) in [5.41, 5.74) is 0. The molecule has 0 unspecified atom stereocenters. The molecule has 0 radical (unpaired) electrons. The van der Waals surface area contributed by atoms with E-state index in [1.165, 1.54) is 0 Å². The van der Waals surface area contributed by atoms with Crippen molar-refractivity contribution in [3.8, 4) is 6.01 Å². The first kappa shape index (κ1) is 17.0. The third-order valence-corrected chi connectivity index (χ3v) is 3.54. The Balaban J connectivity index is 1.83. The molecule has 134 valence electrons. The fourth-order valence-electron chi connectivity index (χ4n) is 2.36. The van der Waals surface area contributed by atoms with E-state index in [4.69, 9.17) is 14.2 Å². The van der Waals surface area contributed by atoms with E-state index in [9.17, 15) is 13.2 Å². The first-order valence-corrected chi connectivity index (χ1v) is 7.62. The molecule has 0 atom stereocenters. The van der Waals surface area contributed by atoms with Crippen LogP contribution in [0.5, 0.6) is 6.01 Å². The second-order valence-corrected chi connectivity index (χ2v) is 5.32. The number of halogens is 3. The Bertz CT molecular complexity index is 512. The minimum Gasteiger partial charge on any atom is -0.454 e. The maximum absolute atomic E-state index is 12.4. The van der Waals surface area contributed by atoms with Crippen molar-refractivity contribution in [2.45, 2.75) is 6.18 Å². The highest BCUT2D eigenvalue weighted by atomic mass is 19.4. The highest BCUT2D eigenvalue weighted by Gasteiger charge is 2.30. The number of anilines is 2. The number of hydrogen-bond acceptors (Lipinski definition) is 8. The number of morpholine rings is 2. The van der Waals surface area contributed by atoms with Gasteiger partial charge in [-0.2, -0.15) is 28.1 Å². The number of hydrogen-bond donors (Lipinski definition) is 0. The highest BCUT2D eigenvalue weighted by Crippen LogP contribution is 2.21. The Kier molecular flexibility index (Phi) is 5.19. The topological polar surface area (TPSA) is 72.8 Å². The Morgan fingerprint density at radius 2 is 1.29 bits per heavy atom. The second kappa shape index (κ2) is 7.34. The molecular formula is C13H18F3N5O3. The molecule has 24 heavy (non-hydrogen) atoms. The molecule has 0 aromatic carbocycles. The summed E-state index contributed by atoms with van der Waals surface area (Å²) in [5, 5.41) is 0. The van der Waals surface area contributed by atoms with Crippen LogP contribution in [0.3, 0.4) is 0 Å². The fraction of sp³-hybridized carbons (Fsp3) is 0.769. The van der Waals surface area contributed by atoms with Crippen LogP contribution in [0.1, 0.15) is 0 Å². The van der Waals surface area contributed by atoms with Gasteiger partial charge in [-0.05, 0) is 0 Å². The van der Waals surface area contributed by atoms with Crippen molar-refractivity contribution in [2.24, 2.45) is 0 Å². The molecule has 0 amide bonds. The zero-order valence-corrected chi connectivity index (χ0v) is 13.0. The van der Waals surface area contributed by atoms with Gasteiger partial charge in [-0.15, -0.1) is 0 Å². The van der Waals surface area contributed by atoms with Crippen molar-refractivity contribution in [2.75, 3.05) is 69.0 Å². The third-order valence-electron chi connectivity index (χ3n) is 3.54. The van der Waals surface area contributed by atoms with Crippen molar-refractivity contribution < 1.29 is 27.4 Å². The van der Waals surface area contributed by atoms with Crippen LogP contribution in [0.15, 0.2) is 0 Å². The summed E-state index contributed by atoms with van der Waals surface area (Å²) >= 11 is 0. The number of ether oxygens (including phenoxy) is 3. The molecule has 1 aromatic heterocycles. The number of nitrogens with zero attached hydrogens (tertiary/aromatic N) is 5. The van der Waals surface area contributed by atoms with E-state index < -0.39 is 12.8 Å². The molecule has 0 spiro atoms. The van der Waals surface area contributed by atoms with Crippen LogP contribution in [0, 0.1) is 0 Å². The molecule has 8 nitrogen and oxygen atoms in total. The zero-order chi connectivity index (χ0) is 17.0. The molecular weight excluding hydrogens is 331 g/mol. The lowest BCUT2D eigenvalue weighted by molar-refractivity contribution is -0.154. The number of rotatable bonds is 4. The average molecular weight is 349 g/mol.